The molecule has 0 saturated heterocycles. The molecular formula is C17H20O. The Balaban J connectivity index is 1.82. The zero-order valence-electron chi connectivity index (χ0n) is 10.8. The van der Waals surface area contributed by atoms with E-state index in [1.54, 1.807) is 0 Å². The quantitative estimate of drug-likeness (QED) is 0.703. The van der Waals surface area contributed by atoms with Crippen LogP contribution in [0.5, 0.6) is 0 Å². The molecule has 0 aromatic heterocycles. The summed E-state index contributed by atoms with van der Waals surface area (Å²) in [4.78, 5) is 12.4. The summed E-state index contributed by atoms with van der Waals surface area (Å²) in [5, 5.41) is 0. The van der Waals surface area contributed by atoms with Crippen molar-refractivity contribution in [3.8, 4) is 0 Å². The van der Waals surface area contributed by atoms with E-state index in [4.69, 9.17) is 0 Å². The lowest BCUT2D eigenvalue weighted by molar-refractivity contribution is 0.102. The first kappa shape index (κ1) is 11.7. The smallest absolute Gasteiger partial charge is 0.188 e. The summed E-state index contributed by atoms with van der Waals surface area (Å²) in [7, 11) is 0. The molecule has 2 aliphatic carbocycles. The number of rotatable bonds is 3. The third kappa shape index (κ3) is 2.27. The third-order valence-corrected chi connectivity index (χ3v) is 4.31. The molecule has 0 radical (unpaired) electrons. The minimum atomic E-state index is 0.260. The fraction of sp³-hybridized carbons (Fsp3) is 0.471. The summed E-state index contributed by atoms with van der Waals surface area (Å²) in [6.07, 6.45) is 10.5. The zero-order valence-corrected chi connectivity index (χ0v) is 10.8. The van der Waals surface area contributed by atoms with Crippen molar-refractivity contribution in [1.29, 1.82) is 0 Å². The van der Waals surface area contributed by atoms with Gasteiger partial charge in [0.05, 0.1) is 0 Å². The van der Waals surface area contributed by atoms with Crippen LogP contribution in [0.15, 0.2) is 35.9 Å². The van der Waals surface area contributed by atoms with Crippen LogP contribution in [0, 0.1) is 0 Å². The van der Waals surface area contributed by atoms with Crippen LogP contribution >= 0.6 is 0 Å². The molecule has 1 saturated carbocycles. The minimum Gasteiger partial charge on any atom is -0.289 e. The highest BCUT2D eigenvalue weighted by Gasteiger charge is 2.21. The monoisotopic (exact) mass is 240 g/mol. The molecule has 18 heavy (non-hydrogen) atoms. The molecule has 2 aliphatic rings. The van der Waals surface area contributed by atoms with Crippen LogP contribution < -0.4 is 0 Å². The van der Waals surface area contributed by atoms with Crippen molar-refractivity contribution in [3.05, 3.63) is 47.0 Å². The SMILES string of the molecule is O=C(C1=CCCCC1)c1cccc(C2CCC2)c1. The zero-order chi connectivity index (χ0) is 12.4. The summed E-state index contributed by atoms with van der Waals surface area (Å²) in [6, 6.07) is 8.32. The molecule has 0 spiro atoms. The van der Waals surface area contributed by atoms with Crippen molar-refractivity contribution < 1.29 is 4.79 Å². The molecule has 1 fully saturated rings. The lowest BCUT2D eigenvalue weighted by atomic mass is 9.79. The maximum Gasteiger partial charge on any atom is 0.188 e. The highest BCUT2D eigenvalue weighted by Crippen LogP contribution is 2.36. The van der Waals surface area contributed by atoms with Crippen LogP contribution in [-0.2, 0) is 0 Å². The van der Waals surface area contributed by atoms with Gasteiger partial charge in [-0.25, -0.2) is 0 Å². The first-order valence-electron chi connectivity index (χ1n) is 7.18. The summed E-state index contributed by atoms with van der Waals surface area (Å²) in [5.74, 6) is 0.967. The van der Waals surface area contributed by atoms with Crippen LogP contribution in [0.1, 0.15) is 66.8 Å². The van der Waals surface area contributed by atoms with E-state index in [1.807, 2.05) is 12.1 Å². The Morgan fingerprint density at radius 2 is 2.00 bits per heavy atom. The van der Waals surface area contributed by atoms with Gasteiger partial charge in [0.2, 0.25) is 0 Å². The number of allylic oxidation sites excluding steroid dienone is 2. The number of hydrogen-bond acceptors (Lipinski definition) is 1. The van der Waals surface area contributed by atoms with E-state index < -0.39 is 0 Å². The van der Waals surface area contributed by atoms with Crippen molar-refractivity contribution in [2.75, 3.05) is 0 Å². The second-order valence-corrected chi connectivity index (χ2v) is 5.56. The van der Waals surface area contributed by atoms with Crippen molar-refractivity contribution in [2.45, 2.75) is 50.9 Å². The molecular weight excluding hydrogens is 220 g/mol. The maximum absolute atomic E-state index is 12.4. The van der Waals surface area contributed by atoms with Gasteiger partial charge in [-0.1, -0.05) is 30.7 Å². The molecule has 1 nitrogen and oxygen atoms in total. The van der Waals surface area contributed by atoms with E-state index in [1.165, 1.54) is 37.7 Å². The predicted molar refractivity (Wildman–Crippen MR) is 73.9 cm³/mol. The van der Waals surface area contributed by atoms with Gasteiger partial charge in [-0.05, 0) is 61.6 Å². The Labute approximate surface area is 109 Å². The first-order chi connectivity index (χ1) is 8.84. The van der Waals surface area contributed by atoms with Gasteiger partial charge >= 0.3 is 0 Å². The van der Waals surface area contributed by atoms with E-state index in [9.17, 15) is 4.79 Å². The van der Waals surface area contributed by atoms with Gasteiger partial charge in [0.1, 0.15) is 0 Å². The van der Waals surface area contributed by atoms with Crippen LogP contribution in [-0.4, -0.2) is 5.78 Å². The predicted octanol–water partition coefficient (Wildman–Crippen LogP) is 4.64. The Kier molecular flexibility index (Phi) is 3.31. The highest BCUT2D eigenvalue weighted by atomic mass is 16.1. The Bertz CT molecular complexity index is 480. The molecule has 0 aliphatic heterocycles. The fourth-order valence-corrected chi connectivity index (χ4v) is 2.91. The lowest BCUT2D eigenvalue weighted by Gasteiger charge is -2.26. The Morgan fingerprint density at radius 1 is 1.11 bits per heavy atom. The average Bonchev–Trinajstić information content (AvgIpc) is 2.37. The normalized spacial score (nSPS) is 20.1. The largest absolute Gasteiger partial charge is 0.289 e. The standard InChI is InChI=1S/C17H20O/c18-17(14-6-2-1-3-7-14)16-11-5-10-15(12-16)13-8-4-9-13/h5-6,10-13H,1-4,7-9H2. The number of carbonyl (C=O) groups is 1. The number of hydrogen-bond donors (Lipinski definition) is 0. The Morgan fingerprint density at radius 3 is 2.67 bits per heavy atom. The van der Waals surface area contributed by atoms with Crippen LogP contribution in [0.4, 0.5) is 0 Å². The van der Waals surface area contributed by atoms with Crippen LogP contribution in [0.2, 0.25) is 0 Å². The van der Waals surface area contributed by atoms with Crippen molar-refractivity contribution in [3.63, 3.8) is 0 Å². The van der Waals surface area contributed by atoms with E-state index in [2.05, 4.69) is 18.2 Å². The number of benzene rings is 1. The highest BCUT2D eigenvalue weighted by molar-refractivity contribution is 6.08. The van der Waals surface area contributed by atoms with Crippen LogP contribution in [0.25, 0.3) is 0 Å². The van der Waals surface area contributed by atoms with Gasteiger partial charge < -0.3 is 0 Å². The summed E-state index contributed by atoms with van der Waals surface area (Å²) in [6.45, 7) is 0. The van der Waals surface area contributed by atoms with Gasteiger partial charge in [0.15, 0.2) is 5.78 Å². The fourth-order valence-electron chi connectivity index (χ4n) is 2.91. The van der Waals surface area contributed by atoms with Gasteiger partial charge in [-0.15, -0.1) is 0 Å². The number of carbonyl (C=O) groups excluding carboxylic acids is 1. The molecule has 0 atom stereocenters. The van der Waals surface area contributed by atoms with Gasteiger partial charge in [-0.3, -0.25) is 4.79 Å². The van der Waals surface area contributed by atoms with Gasteiger partial charge in [-0.2, -0.15) is 0 Å². The minimum absolute atomic E-state index is 0.260. The van der Waals surface area contributed by atoms with Gasteiger partial charge in [0, 0.05) is 5.56 Å². The summed E-state index contributed by atoms with van der Waals surface area (Å²) < 4.78 is 0. The molecule has 0 amide bonds. The Hall–Kier alpha value is -1.37. The second kappa shape index (κ2) is 5.09. The van der Waals surface area contributed by atoms with E-state index in [-0.39, 0.29) is 5.78 Å². The summed E-state index contributed by atoms with van der Waals surface area (Å²) in [5.41, 5.74) is 3.29. The molecule has 1 aromatic carbocycles. The molecule has 94 valence electrons. The van der Waals surface area contributed by atoms with Crippen molar-refractivity contribution in [2.24, 2.45) is 0 Å². The lowest BCUT2D eigenvalue weighted by Crippen LogP contribution is -2.11. The molecule has 0 N–H and O–H groups in total. The number of ketones is 1. The molecule has 0 unspecified atom stereocenters. The average molecular weight is 240 g/mol. The molecule has 1 heteroatoms. The molecule has 0 bridgehead atoms. The second-order valence-electron chi connectivity index (χ2n) is 5.56. The number of Topliss-reactive ketones (excluding diaryl/α,β-unsaturated/α-hetero) is 1. The van der Waals surface area contributed by atoms with Crippen molar-refractivity contribution >= 4 is 5.78 Å². The molecule has 1 aromatic rings. The first-order valence-corrected chi connectivity index (χ1v) is 7.18. The maximum atomic E-state index is 12.4. The molecule has 3 rings (SSSR count). The topological polar surface area (TPSA) is 17.1 Å². The van der Waals surface area contributed by atoms with E-state index >= 15 is 0 Å². The van der Waals surface area contributed by atoms with Crippen LogP contribution in [0.3, 0.4) is 0 Å². The van der Waals surface area contributed by atoms with Crippen molar-refractivity contribution in [1.82, 2.24) is 0 Å². The van der Waals surface area contributed by atoms with E-state index in [0.29, 0.717) is 5.92 Å². The van der Waals surface area contributed by atoms with E-state index in [0.717, 1.165) is 24.0 Å². The molecule has 0 heterocycles. The third-order valence-electron chi connectivity index (χ3n) is 4.31. The van der Waals surface area contributed by atoms with Gasteiger partial charge in [0.25, 0.3) is 0 Å². The summed E-state index contributed by atoms with van der Waals surface area (Å²) >= 11 is 0.